The number of aromatic amines is 1. The standard InChI is InChI=1S/C21H26N2O2/c1-3-14-10-15-11-18(21(24)25-2)20-17(8-9-23(12-14)13-15)16-6-4-5-7-19(16)22-20/h4-7,10,15,18,22H,3,8-9,11-13H2,1-2H3/t15?,18-/m1/s1. The summed E-state index contributed by atoms with van der Waals surface area (Å²) in [5.41, 5.74) is 4.96. The second kappa shape index (κ2) is 6.68. The predicted octanol–water partition coefficient (Wildman–Crippen LogP) is 3.64. The number of fused-ring (bicyclic) bond motifs is 5. The average molecular weight is 338 g/mol. The first-order chi connectivity index (χ1) is 12.2. The van der Waals surface area contributed by atoms with Crippen LogP contribution in [0, 0.1) is 5.92 Å². The van der Waals surface area contributed by atoms with E-state index in [9.17, 15) is 4.79 Å². The molecule has 0 amide bonds. The Morgan fingerprint density at radius 2 is 2.20 bits per heavy atom. The number of rotatable bonds is 2. The summed E-state index contributed by atoms with van der Waals surface area (Å²) in [7, 11) is 1.50. The quantitative estimate of drug-likeness (QED) is 0.672. The van der Waals surface area contributed by atoms with Crippen LogP contribution in [0.3, 0.4) is 0 Å². The number of carbonyl (C=O) groups is 1. The maximum atomic E-state index is 12.6. The van der Waals surface area contributed by atoms with Crippen LogP contribution < -0.4 is 0 Å². The van der Waals surface area contributed by atoms with Gasteiger partial charge in [-0.2, -0.15) is 0 Å². The van der Waals surface area contributed by atoms with Crippen LogP contribution in [0.4, 0.5) is 0 Å². The van der Waals surface area contributed by atoms with Crippen molar-refractivity contribution in [1.82, 2.24) is 9.88 Å². The fraction of sp³-hybridized carbons (Fsp3) is 0.476. The van der Waals surface area contributed by atoms with Gasteiger partial charge in [0.15, 0.2) is 0 Å². The molecule has 2 aliphatic heterocycles. The van der Waals surface area contributed by atoms with Gasteiger partial charge in [-0.15, -0.1) is 0 Å². The molecule has 3 atom stereocenters. The number of esters is 1. The van der Waals surface area contributed by atoms with Gasteiger partial charge in [-0.25, -0.2) is 0 Å². The topological polar surface area (TPSA) is 45.3 Å². The van der Waals surface area contributed by atoms with Crippen LogP contribution >= 0.6 is 0 Å². The lowest BCUT2D eigenvalue weighted by atomic mass is 9.87. The zero-order chi connectivity index (χ0) is 17.4. The Labute approximate surface area is 148 Å². The van der Waals surface area contributed by atoms with E-state index in [1.54, 1.807) is 0 Å². The second-order valence-corrected chi connectivity index (χ2v) is 7.30. The van der Waals surface area contributed by atoms with Gasteiger partial charge in [-0.3, -0.25) is 9.69 Å². The molecule has 0 saturated carbocycles. The highest BCUT2D eigenvalue weighted by atomic mass is 16.5. The Hall–Kier alpha value is -2.07. The molecule has 0 spiro atoms. The van der Waals surface area contributed by atoms with Crippen molar-refractivity contribution in [2.24, 2.45) is 5.92 Å². The van der Waals surface area contributed by atoms with Crippen LogP contribution in [0.2, 0.25) is 0 Å². The van der Waals surface area contributed by atoms with E-state index in [0.717, 1.165) is 50.1 Å². The number of ether oxygens (including phenoxy) is 1. The Kier molecular flexibility index (Phi) is 4.38. The molecular formula is C21H26N2O2. The van der Waals surface area contributed by atoms with Crippen LogP contribution in [0.15, 0.2) is 35.9 Å². The number of H-pyrrole nitrogens is 1. The number of nitrogens with zero attached hydrogens (tertiary/aromatic N) is 1. The van der Waals surface area contributed by atoms with Crippen molar-refractivity contribution in [3.05, 3.63) is 47.2 Å². The molecular weight excluding hydrogens is 312 g/mol. The van der Waals surface area contributed by atoms with Crippen molar-refractivity contribution in [1.29, 1.82) is 0 Å². The molecule has 2 bridgehead atoms. The van der Waals surface area contributed by atoms with Gasteiger partial charge in [0.25, 0.3) is 0 Å². The van der Waals surface area contributed by atoms with E-state index in [4.69, 9.17) is 4.74 Å². The molecule has 2 aromatic rings. The number of hydrogen-bond acceptors (Lipinski definition) is 3. The minimum atomic E-state index is -0.218. The third-order valence-electron chi connectivity index (χ3n) is 5.74. The van der Waals surface area contributed by atoms with Gasteiger partial charge in [0.1, 0.15) is 0 Å². The fourth-order valence-electron chi connectivity index (χ4n) is 4.50. The highest BCUT2D eigenvalue weighted by molar-refractivity contribution is 5.88. The zero-order valence-corrected chi connectivity index (χ0v) is 15.0. The predicted molar refractivity (Wildman–Crippen MR) is 99.7 cm³/mol. The minimum Gasteiger partial charge on any atom is -0.469 e. The Morgan fingerprint density at radius 3 is 3.00 bits per heavy atom. The van der Waals surface area contributed by atoms with Crippen LogP contribution in [0.25, 0.3) is 10.9 Å². The number of para-hydroxylation sites is 1. The summed E-state index contributed by atoms with van der Waals surface area (Å²) in [5.74, 6) is 0.0632. The molecule has 4 nitrogen and oxygen atoms in total. The van der Waals surface area contributed by atoms with Crippen LogP contribution in [-0.2, 0) is 16.0 Å². The number of benzene rings is 1. The van der Waals surface area contributed by atoms with Crippen LogP contribution in [0.5, 0.6) is 0 Å². The molecule has 2 unspecified atom stereocenters. The Balaban J connectivity index is 1.82. The molecule has 1 aromatic carbocycles. The molecule has 132 valence electrons. The normalized spacial score (nSPS) is 26.2. The molecule has 4 heteroatoms. The summed E-state index contributed by atoms with van der Waals surface area (Å²) >= 11 is 0. The maximum Gasteiger partial charge on any atom is 0.314 e. The van der Waals surface area contributed by atoms with E-state index in [2.05, 4.69) is 41.1 Å². The first-order valence-electron chi connectivity index (χ1n) is 9.28. The number of aromatic nitrogens is 1. The Morgan fingerprint density at radius 1 is 1.36 bits per heavy atom. The van der Waals surface area contributed by atoms with Crippen molar-refractivity contribution < 1.29 is 9.53 Å². The van der Waals surface area contributed by atoms with E-state index >= 15 is 0 Å². The fourth-order valence-corrected chi connectivity index (χ4v) is 4.50. The lowest BCUT2D eigenvalue weighted by Crippen LogP contribution is -2.36. The SMILES string of the molecule is CCC1=CC2C[C@@H](C(=O)OC)c3[nH]c4ccccc4c3CCN(C1)C2. The molecule has 0 aliphatic carbocycles. The summed E-state index contributed by atoms with van der Waals surface area (Å²) in [5, 5.41) is 1.24. The number of hydrogen-bond donors (Lipinski definition) is 1. The molecule has 1 aromatic heterocycles. The van der Waals surface area contributed by atoms with E-state index in [1.807, 2.05) is 6.07 Å². The molecule has 3 heterocycles. The smallest absolute Gasteiger partial charge is 0.314 e. The van der Waals surface area contributed by atoms with Gasteiger partial charge in [0, 0.05) is 36.2 Å². The molecule has 1 N–H and O–H groups in total. The van der Waals surface area contributed by atoms with E-state index in [1.165, 1.54) is 23.6 Å². The number of methoxy groups -OCH3 is 1. The monoisotopic (exact) mass is 338 g/mol. The van der Waals surface area contributed by atoms with Crippen molar-refractivity contribution in [3.63, 3.8) is 0 Å². The van der Waals surface area contributed by atoms with E-state index in [-0.39, 0.29) is 11.9 Å². The Bertz CT molecular complexity index is 820. The molecule has 2 aliphatic rings. The number of nitrogens with one attached hydrogen (secondary N) is 1. The van der Waals surface area contributed by atoms with Gasteiger partial charge >= 0.3 is 5.97 Å². The third kappa shape index (κ3) is 2.99. The van der Waals surface area contributed by atoms with Crippen molar-refractivity contribution >= 4 is 16.9 Å². The highest BCUT2D eigenvalue weighted by Crippen LogP contribution is 2.36. The third-order valence-corrected chi connectivity index (χ3v) is 5.74. The summed E-state index contributed by atoms with van der Waals surface area (Å²) in [6.45, 7) is 5.36. The largest absolute Gasteiger partial charge is 0.469 e. The number of carbonyl (C=O) groups excluding carboxylic acids is 1. The van der Waals surface area contributed by atoms with Crippen LogP contribution in [0.1, 0.15) is 36.9 Å². The van der Waals surface area contributed by atoms with Crippen molar-refractivity contribution in [3.8, 4) is 0 Å². The highest BCUT2D eigenvalue weighted by Gasteiger charge is 2.33. The minimum absolute atomic E-state index is 0.127. The van der Waals surface area contributed by atoms with E-state index in [0.29, 0.717) is 5.92 Å². The first-order valence-corrected chi connectivity index (χ1v) is 9.28. The van der Waals surface area contributed by atoms with Crippen molar-refractivity contribution in [2.45, 2.75) is 32.1 Å². The van der Waals surface area contributed by atoms with E-state index < -0.39 is 0 Å². The summed E-state index contributed by atoms with van der Waals surface area (Å²) in [6, 6.07) is 8.37. The van der Waals surface area contributed by atoms with Crippen LogP contribution in [-0.4, -0.2) is 42.6 Å². The first kappa shape index (κ1) is 16.4. The summed E-state index contributed by atoms with van der Waals surface area (Å²) < 4.78 is 5.18. The molecule has 0 radical (unpaired) electrons. The molecule has 0 saturated heterocycles. The van der Waals surface area contributed by atoms with Gasteiger partial charge in [0.05, 0.1) is 13.0 Å². The van der Waals surface area contributed by atoms with Gasteiger partial charge in [-0.1, -0.05) is 36.8 Å². The summed E-state index contributed by atoms with van der Waals surface area (Å²) in [4.78, 5) is 18.7. The summed E-state index contributed by atoms with van der Waals surface area (Å²) in [6.07, 6.45) is 5.27. The molecule has 4 rings (SSSR count). The van der Waals surface area contributed by atoms with Gasteiger partial charge < -0.3 is 9.72 Å². The second-order valence-electron chi connectivity index (χ2n) is 7.30. The van der Waals surface area contributed by atoms with Gasteiger partial charge in [-0.05, 0) is 36.8 Å². The maximum absolute atomic E-state index is 12.6. The lowest BCUT2D eigenvalue weighted by Gasteiger charge is -2.32. The average Bonchev–Trinajstić information content (AvgIpc) is 3.02. The zero-order valence-electron chi connectivity index (χ0n) is 15.0. The van der Waals surface area contributed by atoms with Crippen molar-refractivity contribution in [2.75, 3.05) is 26.7 Å². The molecule has 0 fully saturated rings. The molecule has 25 heavy (non-hydrogen) atoms. The van der Waals surface area contributed by atoms with Gasteiger partial charge in [0.2, 0.25) is 0 Å². The lowest BCUT2D eigenvalue weighted by molar-refractivity contribution is -0.142.